The Kier molecular flexibility index (Phi) is 19.4. The number of carbonyl (C=O) groups is 2. The monoisotopic (exact) mass is 916 g/mol. The molecule has 0 atom stereocenters. The van der Waals surface area contributed by atoms with E-state index in [1.54, 1.807) is 0 Å². The number of unbranched alkanes of at least 4 members (excludes halogenated alkanes) is 10. The summed E-state index contributed by atoms with van der Waals surface area (Å²) in [6.07, 6.45) is 5.57. The van der Waals surface area contributed by atoms with Crippen LogP contribution in [-0.4, -0.2) is 37.6 Å². The fourth-order valence-corrected chi connectivity index (χ4v) is 6.67. The number of aliphatic imine (C=N–C) groups is 2. The van der Waals surface area contributed by atoms with Gasteiger partial charge in [-0.25, -0.2) is 9.59 Å². The molecular formula is C52H54F6N2O6. The highest BCUT2D eigenvalue weighted by atomic mass is 19.4. The minimum absolute atomic E-state index is 0.0669. The quantitative estimate of drug-likeness (QED) is 0.0201. The van der Waals surface area contributed by atoms with Crippen LogP contribution in [0.25, 0.3) is 0 Å². The van der Waals surface area contributed by atoms with Crippen molar-refractivity contribution in [3.63, 3.8) is 0 Å². The molecule has 0 N–H and O–H groups in total. The standard InChI is InChI=1S/C52H54F6N2O6/c1-3-5-7-9-11-13-30-63-41-26-28-47(45(33-41)51(53,54)55)59-35-37-18-22-39(23-19-37)49(61)65-43-16-15-17-44(32-43)66-50(62)40-24-20-38(21-25-40)36-60-48-29-27-42(34-46(48)52(56,57)58)64-31-14-12-10-8-6-4-2/h15-29,32-36H,3-14,30-31H2,1-2H3. The van der Waals surface area contributed by atoms with Crippen LogP contribution in [0.1, 0.15) is 134 Å². The Hall–Kier alpha value is -6.44. The highest BCUT2D eigenvalue weighted by Crippen LogP contribution is 2.40. The zero-order valence-corrected chi connectivity index (χ0v) is 37.1. The molecule has 5 aromatic carbocycles. The first-order valence-corrected chi connectivity index (χ1v) is 22.2. The van der Waals surface area contributed by atoms with E-state index in [9.17, 15) is 35.9 Å². The number of halogens is 6. The molecule has 5 aromatic rings. The lowest BCUT2D eigenvalue weighted by Gasteiger charge is -2.13. The zero-order chi connectivity index (χ0) is 47.4. The van der Waals surface area contributed by atoms with Gasteiger partial charge in [0.25, 0.3) is 0 Å². The molecule has 0 aliphatic rings. The summed E-state index contributed by atoms with van der Waals surface area (Å²) < 4.78 is 106. The molecule has 0 aliphatic carbocycles. The van der Waals surface area contributed by atoms with Crippen LogP contribution < -0.4 is 18.9 Å². The van der Waals surface area contributed by atoms with E-state index < -0.39 is 35.4 Å². The minimum Gasteiger partial charge on any atom is -0.494 e. The normalized spacial score (nSPS) is 11.9. The summed E-state index contributed by atoms with van der Waals surface area (Å²) in [5.41, 5.74) is -1.28. The smallest absolute Gasteiger partial charge is 0.418 e. The first-order chi connectivity index (χ1) is 31.7. The third-order valence-electron chi connectivity index (χ3n) is 10.3. The number of hydrogen-bond acceptors (Lipinski definition) is 8. The summed E-state index contributed by atoms with van der Waals surface area (Å²) in [5, 5.41) is 0. The highest BCUT2D eigenvalue weighted by Gasteiger charge is 2.35. The molecule has 0 aromatic heterocycles. The molecule has 0 amide bonds. The van der Waals surface area contributed by atoms with Gasteiger partial charge < -0.3 is 18.9 Å². The summed E-state index contributed by atoms with van der Waals surface area (Å²) in [4.78, 5) is 34.1. The van der Waals surface area contributed by atoms with Crippen LogP contribution in [0.3, 0.4) is 0 Å². The molecule has 0 fully saturated rings. The third kappa shape index (κ3) is 16.5. The molecule has 0 radical (unpaired) electrons. The number of nitrogens with zero attached hydrogens (tertiary/aromatic N) is 2. The SMILES string of the molecule is CCCCCCCCOc1ccc(N=Cc2ccc(C(=O)Oc3cccc(OC(=O)c4ccc(C=Nc5ccc(OCCCCCCCC)cc5C(F)(F)F)cc4)c3)cc2)c(C(F)(F)F)c1. The second kappa shape index (κ2) is 25.3. The van der Waals surface area contributed by atoms with E-state index in [2.05, 4.69) is 23.8 Å². The molecule has 0 heterocycles. The number of hydrogen-bond donors (Lipinski definition) is 0. The Labute approximate surface area is 381 Å². The molecule has 350 valence electrons. The van der Waals surface area contributed by atoms with Gasteiger partial charge in [-0.05, 0) is 96.8 Å². The lowest BCUT2D eigenvalue weighted by atomic mass is 10.1. The minimum atomic E-state index is -4.66. The topological polar surface area (TPSA) is 95.8 Å². The first-order valence-electron chi connectivity index (χ1n) is 22.2. The average molecular weight is 917 g/mol. The van der Waals surface area contributed by atoms with Gasteiger partial charge in [-0.15, -0.1) is 0 Å². The first kappa shape index (κ1) is 50.6. The largest absolute Gasteiger partial charge is 0.494 e. The van der Waals surface area contributed by atoms with Gasteiger partial charge >= 0.3 is 24.3 Å². The molecule has 0 aliphatic heterocycles. The van der Waals surface area contributed by atoms with Gasteiger partial charge in [-0.3, -0.25) is 9.98 Å². The predicted octanol–water partition coefficient (Wildman–Crippen LogP) is 15.1. The molecule has 8 nitrogen and oxygen atoms in total. The van der Waals surface area contributed by atoms with Gasteiger partial charge in [0.05, 0.1) is 46.8 Å². The molecule has 0 saturated carbocycles. The van der Waals surface area contributed by atoms with Crippen molar-refractivity contribution >= 4 is 35.7 Å². The van der Waals surface area contributed by atoms with Crippen LogP contribution in [0.15, 0.2) is 119 Å². The number of rotatable bonds is 24. The lowest BCUT2D eigenvalue weighted by molar-refractivity contribution is -0.138. The molecule has 0 spiro atoms. The van der Waals surface area contributed by atoms with Gasteiger partial charge in [-0.2, -0.15) is 26.3 Å². The van der Waals surface area contributed by atoms with Crippen LogP contribution in [0.5, 0.6) is 23.0 Å². The van der Waals surface area contributed by atoms with Crippen molar-refractivity contribution in [2.45, 2.75) is 103 Å². The molecule has 5 rings (SSSR count). The Bertz CT molecular complexity index is 2220. The van der Waals surface area contributed by atoms with Gasteiger partial charge in [-0.1, -0.05) is 108 Å². The molecule has 0 bridgehead atoms. The van der Waals surface area contributed by atoms with Crippen molar-refractivity contribution in [3.8, 4) is 23.0 Å². The summed E-state index contributed by atoms with van der Waals surface area (Å²) in [7, 11) is 0. The average Bonchev–Trinajstić information content (AvgIpc) is 3.29. The van der Waals surface area contributed by atoms with Crippen molar-refractivity contribution < 1.29 is 54.9 Å². The number of alkyl halides is 6. The van der Waals surface area contributed by atoms with Crippen LogP contribution >= 0.6 is 0 Å². The van der Waals surface area contributed by atoms with Crippen molar-refractivity contribution in [1.29, 1.82) is 0 Å². The summed E-state index contributed by atoms with van der Waals surface area (Å²) in [6, 6.07) is 24.9. The van der Waals surface area contributed by atoms with Crippen LogP contribution in [0.2, 0.25) is 0 Å². The maximum atomic E-state index is 13.9. The highest BCUT2D eigenvalue weighted by molar-refractivity contribution is 5.94. The second-order valence-electron chi connectivity index (χ2n) is 15.6. The zero-order valence-electron chi connectivity index (χ0n) is 37.1. The van der Waals surface area contributed by atoms with E-state index >= 15 is 0 Å². The number of carbonyl (C=O) groups excluding carboxylic acids is 2. The van der Waals surface area contributed by atoms with E-state index in [1.807, 2.05) is 0 Å². The van der Waals surface area contributed by atoms with Crippen LogP contribution in [0.4, 0.5) is 37.7 Å². The molecular weight excluding hydrogens is 863 g/mol. The van der Waals surface area contributed by atoms with Gasteiger partial charge in [0.2, 0.25) is 0 Å². The van der Waals surface area contributed by atoms with Crippen molar-refractivity contribution in [2.24, 2.45) is 9.98 Å². The number of benzene rings is 5. The predicted molar refractivity (Wildman–Crippen MR) is 244 cm³/mol. The number of ether oxygens (including phenoxy) is 4. The van der Waals surface area contributed by atoms with Crippen molar-refractivity contribution in [2.75, 3.05) is 13.2 Å². The Morgan fingerprint density at radius 3 is 1.23 bits per heavy atom. The number of esters is 2. The Morgan fingerprint density at radius 1 is 0.470 bits per heavy atom. The van der Waals surface area contributed by atoms with E-state index in [-0.39, 0.29) is 45.5 Å². The summed E-state index contributed by atoms with van der Waals surface area (Å²) >= 11 is 0. The van der Waals surface area contributed by atoms with E-state index in [0.717, 1.165) is 89.2 Å². The van der Waals surface area contributed by atoms with Gasteiger partial charge in [0.1, 0.15) is 23.0 Å². The van der Waals surface area contributed by atoms with Crippen molar-refractivity contribution in [1.82, 2.24) is 0 Å². The summed E-state index contributed by atoms with van der Waals surface area (Å²) in [5.74, 6) is -1.12. The van der Waals surface area contributed by atoms with Crippen LogP contribution in [0, 0.1) is 0 Å². The fraction of sp³-hybridized carbons (Fsp3) is 0.346. The van der Waals surface area contributed by atoms with E-state index in [1.165, 1.54) is 109 Å². The fourth-order valence-electron chi connectivity index (χ4n) is 6.67. The molecule has 0 saturated heterocycles. The lowest BCUT2D eigenvalue weighted by Crippen LogP contribution is -2.10. The second-order valence-corrected chi connectivity index (χ2v) is 15.6. The maximum absolute atomic E-state index is 13.9. The Morgan fingerprint density at radius 2 is 0.848 bits per heavy atom. The van der Waals surface area contributed by atoms with Gasteiger partial charge in [0.15, 0.2) is 0 Å². The third-order valence-corrected chi connectivity index (χ3v) is 10.3. The molecule has 14 heteroatoms. The van der Waals surface area contributed by atoms with Gasteiger partial charge in [0, 0.05) is 18.5 Å². The molecule has 66 heavy (non-hydrogen) atoms. The van der Waals surface area contributed by atoms with Crippen LogP contribution in [-0.2, 0) is 12.4 Å². The maximum Gasteiger partial charge on any atom is 0.418 e. The van der Waals surface area contributed by atoms with E-state index in [0.29, 0.717) is 24.3 Å². The van der Waals surface area contributed by atoms with Crippen molar-refractivity contribution in [3.05, 3.63) is 143 Å². The molecule has 0 unspecified atom stereocenters. The van der Waals surface area contributed by atoms with E-state index in [4.69, 9.17) is 18.9 Å². The Balaban J connectivity index is 1.13. The summed E-state index contributed by atoms with van der Waals surface area (Å²) in [6.45, 7) is 4.91.